The van der Waals surface area contributed by atoms with Gasteiger partial charge in [-0.25, -0.2) is 4.79 Å². The number of carboxylic acids is 1. The van der Waals surface area contributed by atoms with E-state index in [4.69, 9.17) is 22.9 Å². The van der Waals surface area contributed by atoms with Crippen molar-refractivity contribution in [2.45, 2.75) is 115 Å². The van der Waals surface area contributed by atoms with Gasteiger partial charge in [-0.05, 0) is 50.0 Å². The topological polar surface area (TPSA) is 366 Å². The zero-order valence-corrected chi connectivity index (χ0v) is 33.7. The molecule has 16 N–H and O–H groups in total. The van der Waals surface area contributed by atoms with E-state index in [1.807, 2.05) is 0 Å². The highest BCUT2D eigenvalue weighted by Gasteiger charge is 2.34. The number of nitrogens with two attached hydrogens (primary N) is 4. The van der Waals surface area contributed by atoms with Crippen LogP contribution in [-0.2, 0) is 44.8 Å². The largest absolute Gasteiger partial charge is 0.480 e. The average Bonchev–Trinajstić information content (AvgIpc) is 3.13. The van der Waals surface area contributed by atoms with Crippen molar-refractivity contribution in [1.82, 2.24) is 31.9 Å². The van der Waals surface area contributed by atoms with Crippen molar-refractivity contribution in [3.05, 3.63) is 35.9 Å². The molecule has 0 aliphatic carbocycles. The molecule has 0 bridgehead atoms. The van der Waals surface area contributed by atoms with Crippen LogP contribution >= 0.6 is 0 Å². The Morgan fingerprint density at radius 2 is 1.12 bits per heavy atom. The third kappa shape index (κ3) is 19.4. The molecule has 324 valence electrons. The van der Waals surface area contributed by atoms with Gasteiger partial charge in [-0.2, -0.15) is 0 Å². The molecule has 0 radical (unpaired) electrons. The summed E-state index contributed by atoms with van der Waals surface area (Å²) in [5.74, 6) is -7.74. The molecular weight excluding hydrogens is 758 g/mol. The van der Waals surface area contributed by atoms with Crippen LogP contribution < -0.4 is 54.8 Å². The molecule has 0 aliphatic rings. The van der Waals surface area contributed by atoms with E-state index in [1.165, 1.54) is 6.92 Å². The summed E-state index contributed by atoms with van der Waals surface area (Å²) in [7, 11) is 0. The molecule has 21 nitrogen and oxygen atoms in total. The standard InChI is InChI=1S/C37H61N11O10/c1-19(2)14-25(33(54)44-24(12-9-13-42-37(40)41)32(53)43-21(5)30(51)48-28(36(57)58)15-20(3)4)46-34(55)26(16-22-10-7-6-8-11-22)47-35(56)27(17-29(39)50)45-31(52)23(38)18-49/h6-8,10-11,19-21,23-28,49H,9,12-18,38H2,1-5H3,(H2,39,50)(H,43,53)(H,44,54)(H,45,52)(H,46,55)(H,47,56)(H,48,51)(H,57,58)(H4,40,41,42)/t21-,23-,24-,25-,26-,27-,28-/m0/s1. The number of aliphatic hydroxyl groups excluding tert-OH is 1. The maximum Gasteiger partial charge on any atom is 0.326 e. The molecule has 0 spiro atoms. The normalized spacial score (nSPS) is 14.6. The number of benzene rings is 1. The van der Waals surface area contributed by atoms with E-state index in [0.29, 0.717) is 5.56 Å². The van der Waals surface area contributed by atoms with Crippen LogP contribution in [0.1, 0.15) is 72.3 Å². The van der Waals surface area contributed by atoms with Crippen molar-refractivity contribution in [3.8, 4) is 0 Å². The minimum absolute atomic E-state index is 0.0181. The minimum Gasteiger partial charge on any atom is -0.480 e. The van der Waals surface area contributed by atoms with Crippen LogP contribution in [0.5, 0.6) is 0 Å². The quantitative estimate of drug-likeness (QED) is 0.0247. The predicted molar refractivity (Wildman–Crippen MR) is 213 cm³/mol. The number of carboxylic acid groups (broad SMARTS) is 1. The van der Waals surface area contributed by atoms with E-state index in [-0.39, 0.29) is 56.4 Å². The monoisotopic (exact) mass is 819 g/mol. The first-order valence-corrected chi connectivity index (χ1v) is 18.9. The molecule has 7 amide bonds. The smallest absolute Gasteiger partial charge is 0.326 e. The summed E-state index contributed by atoms with van der Waals surface area (Å²) in [5.41, 5.74) is 22.3. The molecule has 58 heavy (non-hydrogen) atoms. The summed E-state index contributed by atoms with van der Waals surface area (Å²) in [6.45, 7) is 7.83. The first-order valence-electron chi connectivity index (χ1n) is 18.9. The van der Waals surface area contributed by atoms with E-state index < -0.39 is 103 Å². The summed E-state index contributed by atoms with van der Waals surface area (Å²) in [4.78, 5) is 108. The van der Waals surface area contributed by atoms with E-state index in [2.05, 4.69) is 36.9 Å². The fourth-order valence-corrected chi connectivity index (χ4v) is 5.49. The Kier molecular flexibility index (Phi) is 22.0. The molecule has 0 heterocycles. The number of amides is 7. The molecule has 21 heteroatoms. The molecule has 1 aromatic rings. The Labute approximate surface area is 337 Å². The first kappa shape index (κ1) is 50.2. The van der Waals surface area contributed by atoms with E-state index >= 15 is 0 Å². The third-order valence-corrected chi connectivity index (χ3v) is 8.48. The van der Waals surface area contributed by atoms with E-state index in [9.17, 15) is 48.6 Å². The number of carbonyl (C=O) groups is 8. The number of rotatable bonds is 26. The summed E-state index contributed by atoms with van der Waals surface area (Å²) >= 11 is 0. The van der Waals surface area contributed by atoms with Gasteiger partial charge in [0.05, 0.1) is 13.0 Å². The van der Waals surface area contributed by atoms with Gasteiger partial charge in [0.25, 0.3) is 0 Å². The number of nitrogens with zero attached hydrogens (tertiary/aromatic N) is 1. The molecular formula is C37H61N11O10. The lowest BCUT2D eigenvalue weighted by molar-refractivity contribution is -0.142. The lowest BCUT2D eigenvalue weighted by atomic mass is 10.00. The molecule has 0 fully saturated rings. The Hall–Kier alpha value is -5.83. The Morgan fingerprint density at radius 1 is 0.638 bits per heavy atom. The number of guanidine groups is 1. The van der Waals surface area contributed by atoms with Gasteiger partial charge in [0.1, 0.15) is 42.3 Å². The van der Waals surface area contributed by atoms with Crippen LogP contribution in [0.4, 0.5) is 0 Å². The van der Waals surface area contributed by atoms with Gasteiger partial charge < -0.3 is 65.0 Å². The van der Waals surface area contributed by atoms with Crippen molar-refractivity contribution >= 4 is 53.3 Å². The summed E-state index contributed by atoms with van der Waals surface area (Å²) in [6.07, 6.45) is -0.374. The van der Waals surface area contributed by atoms with E-state index in [0.717, 1.165) is 0 Å². The first-order chi connectivity index (χ1) is 27.1. The van der Waals surface area contributed by atoms with Gasteiger partial charge in [-0.1, -0.05) is 58.0 Å². The number of hydrogen-bond donors (Lipinski definition) is 12. The molecule has 1 aromatic carbocycles. The van der Waals surface area contributed by atoms with Crippen LogP contribution in [0, 0.1) is 11.8 Å². The van der Waals surface area contributed by atoms with Crippen LogP contribution in [0.3, 0.4) is 0 Å². The maximum atomic E-state index is 14.0. The van der Waals surface area contributed by atoms with Crippen LogP contribution in [-0.4, -0.2) is 119 Å². The fourth-order valence-electron chi connectivity index (χ4n) is 5.49. The van der Waals surface area contributed by atoms with Gasteiger partial charge in [0, 0.05) is 13.0 Å². The molecule has 0 aromatic heterocycles. The minimum atomic E-state index is -1.57. The number of primary amides is 1. The van der Waals surface area contributed by atoms with Crippen molar-refractivity contribution in [2.75, 3.05) is 13.2 Å². The van der Waals surface area contributed by atoms with Crippen molar-refractivity contribution in [1.29, 1.82) is 0 Å². The number of aliphatic carboxylic acids is 1. The van der Waals surface area contributed by atoms with Gasteiger partial charge in [0.15, 0.2) is 5.96 Å². The zero-order valence-electron chi connectivity index (χ0n) is 33.7. The zero-order chi connectivity index (χ0) is 44.1. The molecule has 1 rings (SSSR count). The second kappa shape index (κ2) is 25.4. The van der Waals surface area contributed by atoms with Gasteiger partial charge in [0.2, 0.25) is 41.4 Å². The number of nitrogens with one attached hydrogen (secondary N) is 6. The SMILES string of the molecule is CC(C)C[C@H](NC(=O)[C@H](C)NC(=O)[C@H](CCCN=C(N)N)NC(=O)[C@H](CC(C)C)NC(=O)[C@H](Cc1ccccc1)NC(=O)[C@H](CC(N)=O)NC(=O)[C@@H](N)CO)C(=O)O. The van der Waals surface area contributed by atoms with Crippen LogP contribution in [0.15, 0.2) is 35.3 Å². The van der Waals surface area contributed by atoms with Gasteiger partial charge in [-0.3, -0.25) is 38.6 Å². The highest BCUT2D eigenvalue weighted by atomic mass is 16.4. The van der Waals surface area contributed by atoms with Crippen molar-refractivity contribution in [2.24, 2.45) is 39.8 Å². The Balaban J connectivity index is 3.40. The fraction of sp³-hybridized carbons (Fsp3) is 0.595. The van der Waals surface area contributed by atoms with Gasteiger partial charge >= 0.3 is 5.97 Å². The number of aliphatic imine (C=N–C) groups is 1. The predicted octanol–water partition coefficient (Wildman–Crippen LogP) is -3.42. The number of aliphatic hydroxyl groups is 1. The van der Waals surface area contributed by atoms with Crippen molar-refractivity contribution in [3.63, 3.8) is 0 Å². The maximum absolute atomic E-state index is 14.0. The summed E-state index contributed by atoms with van der Waals surface area (Å²) in [6, 6.07) is -0.817. The molecule has 7 atom stereocenters. The summed E-state index contributed by atoms with van der Waals surface area (Å²) < 4.78 is 0. The summed E-state index contributed by atoms with van der Waals surface area (Å²) in [5, 5.41) is 33.8. The third-order valence-electron chi connectivity index (χ3n) is 8.48. The second-order valence-corrected chi connectivity index (χ2v) is 14.7. The number of hydrogen-bond acceptors (Lipinski definition) is 11. The highest BCUT2D eigenvalue weighted by Crippen LogP contribution is 2.11. The molecule has 0 saturated carbocycles. The average molecular weight is 820 g/mol. The van der Waals surface area contributed by atoms with Crippen molar-refractivity contribution < 1.29 is 48.6 Å². The lowest BCUT2D eigenvalue weighted by Crippen LogP contribution is -2.60. The van der Waals surface area contributed by atoms with Crippen LogP contribution in [0.25, 0.3) is 0 Å². The lowest BCUT2D eigenvalue weighted by Gasteiger charge is -2.28. The molecule has 0 saturated heterocycles. The van der Waals surface area contributed by atoms with Gasteiger partial charge in [-0.15, -0.1) is 0 Å². The Morgan fingerprint density at radius 3 is 1.66 bits per heavy atom. The van der Waals surface area contributed by atoms with Crippen LogP contribution in [0.2, 0.25) is 0 Å². The molecule has 0 unspecified atom stereocenters. The Bertz CT molecular complexity index is 1590. The number of carbonyl (C=O) groups excluding carboxylic acids is 7. The molecule has 0 aliphatic heterocycles. The van der Waals surface area contributed by atoms with E-state index in [1.54, 1.807) is 58.0 Å². The second-order valence-electron chi connectivity index (χ2n) is 14.7. The highest BCUT2D eigenvalue weighted by molar-refractivity contribution is 5.98.